The fourth-order valence-corrected chi connectivity index (χ4v) is 3.55. The summed E-state index contributed by atoms with van der Waals surface area (Å²) in [6.07, 6.45) is 2.35. The van der Waals surface area contributed by atoms with Crippen LogP contribution in [-0.2, 0) is 27.3 Å². The van der Waals surface area contributed by atoms with Crippen LogP contribution in [0.5, 0.6) is 0 Å². The third-order valence-corrected chi connectivity index (χ3v) is 5.15. The Morgan fingerprint density at radius 2 is 1.86 bits per heavy atom. The predicted octanol–water partition coefficient (Wildman–Crippen LogP) is 3.08. The molecule has 0 aliphatic carbocycles. The number of benzene rings is 2. The lowest BCUT2D eigenvalue weighted by Crippen LogP contribution is -2.51. The second kappa shape index (κ2) is 10.2. The van der Waals surface area contributed by atoms with Gasteiger partial charge in [0.1, 0.15) is 11.9 Å². The minimum atomic E-state index is -0.665. The van der Waals surface area contributed by atoms with Crippen molar-refractivity contribution < 1.29 is 18.7 Å². The third kappa shape index (κ3) is 6.12. The molecule has 5 nitrogen and oxygen atoms in total. The van der Waals surface area contributed by atoms with Crippen molar-refractivity contribution in [3.05, 3.63) is 71.5 Å². The molecular weight excluding hydrogens is 371 g/mol. The summed E-state index contributed by atoms with van der Waals surface area (Å²) >= 11 is 0. The first-order valence-corrected chi connectivity index (χ1v) is 9.98. The lowest BCUT2D eigenvalue weighted by Gasteiger charge is -2.31. The Hall–Kier alpha value is -2.73. The van der Waals surface area contributed by atoms with Crippen molar-refractivity contribution in [1.82, 2.24) is 10.2 Å². The molecule has 2 atom stereocenters. The van der Waals surface area contributed by atoms with E-state index in [0.29, 0.717) is 13.0 Å². The van der Waals surface area contributed by atoms with E-state index in [1.807, 2.05) is 30.3 Å². The molecule has 3 rings (SSSR count). The van der Waals surface area contributed by atoms with Gasteiger partial charge in [0.2, 0.25) is 11.8 Å². The minimum Gasteiger partial charge on any atom is -0.376 e. The summed E-state index contributed by atoms with van der Waals surface area (Å²) in [6.45, 7) is 2.85. The molecule has 154 valence electrons. The molecular formula is C23H27FN2O3. The maximum Gasteiger partial charge on any atom is 0.243 e. The van der Waals surface area contributed by atoms with Gasteiger partial charge in [0.25, 0.3) is 0 Å². The zero-order valence-corrected chi connectivity index (χ0v) is 16.6. The highest BCUT2D eigenvalue weighted by Crippen LogP contribution is 2.16. The van der Waals surface area contributed by atoms with E-state index in [2.05, 4.69) is 5.32 Å². The Morgan fingerprint density at radius 1 is 1.14 bits per heavy atom. The van der Waals surface area contributed by atoms with E-state index in [-0.39, 0.29) is 30.3 Å². The van der Waals surface area contributed by atoms with Gasteiger partial charge in [-0.1, -0.05) is 42.5 Å². The summed E-state index contributed by atoms with van der Waals surface area (Å²) in [7, 11) is 0. The Balaban J connectivity index is 1.78. The highest BCUT2D eigenvalue weighted by atomic mass is 19.1. The molecule has 0 aromatic heterocycles. The number of rotatable bonds is 8. The van der Waals surface area contributed by atoms with Crippen LogP contribution >= 0.6 is 0 Å². The predicted molar refractivity (Wildman–Crippen MR) is 109 cm³/mol. The van der Waals surface area contributed by atoms with E-state index >= 15 is 0 Å². The second-order valence-corrected chi connectivity index (χ2v) is 7.36. The van der Waals surface area contributed by atoms with E-state index in [1.54, 1.807) is 17.0 Å². The van der Waals surface area contributed by atoms with Gasteiger partial charge < -0.3 is 15.0 Å². The van der Waals surface area contributed by atoms with E-state index in [4.69, 9.17) is 4.74 Å². The van der Waals surface area contributed by atoms with Gasteiger partial charge in [-0.3, -0.25) is 9.59 Å². The smallest absolute Gasteiger partial charge is 0.243 e. The molecule has 0 spiro atoms. The van der Waals surface area contributed by atoms with Gasteiger partial charge in [-0.2, -0.15) is 0 Å². The number of ether oxygens (including phenoxy) is 1. The highest BCUT2D eigenvalue weighted by Gasteiger charge is 2.29. The number of halogens is 1. The maximum absolute atomic E-state index is 13.2. The fraction of sp³-hybridized carbons (Fsp3) is 0.391. The molecule has 1 heterocycles. The van der Waals surface area contributed by atoms with Crippen molar-refractivity contribution in [2.75, 3.05) is 13.2 Å². The minimum absolute atomic E-state index is 0.0270. The summed E-state index contributed by atoms with van der Waals surface area (Å²) in [6, 6.07) is 14.9. The quantitative estimate of drug-likeness (QED) is 0.744. The summed E-state index contributed by atoms with van der Waals surface area (Å²) in [5.41, 5.74) is 1.74. The van der Waals surface area contributed by atoms with Crippen LogP contribution in [0.4, 0.5) is 4.39 Å². The molecule has 0 radical (unpaired) electrons. The van der Waals surface area contributed by atoms with Crippen molar-refractivity contribution in [3.63, 3.8) is 0 Å². The molecule has 1 aliphatic rings. The maximum atomic E-state index is 13.2. The largest absolute Gasteiger partial charge is 0.376 e. The van der Waals surface area contributed by atoms with Crippen molar-refractivity contribution in [3.8, 4) is 0 Å². The molecule has 2 aromatic carbocycles. The van der Waals surface area contributed by atoms with Gasteiger partial charge in [-0.15, -0.1) is 0 Å². The van der Waals surface area contributed by atoms with Gasteiger partial charge >= 0.3 is 0 Å². The molecule has 0 saturated carbocycles. The first kappa shape index (κ1) is 21.0. The lowest BCUT2D eigenvalue weighted by atomic mass is 10.0. The zero-order chi connectivity index (χ0) is 20.6. The van der Waals surface area contributed by atoms with Gasteiger partial charge in [-0.25, -0.2) is 4.39 Å². The number of nitrogens with one attached hydrogen (secondary N) is 1. The van der Waals surface area contributed by atoms with Crippen LogP contribution < -0.4 is 5.32 Å². The number of carbonyl (C=O) groups excluding carboxylic acids is 2. The molecule has 0 bridgehead atoms. The Labute approximate surface area is 170 Å². The highest BCUT2D eigenvalue weighted by molar-refractivity contribution is 5.87. The normalized spacial score (nSPS) is 17.0. The fourth-order valence-electron chi connectivity index (χ4n) is 3.55. The van der Waals surface area contributed by atoms with Crippen LogP contribution in [0.2, 0.25) is 0 Å². The van der Waals surface area contributed by atoms with Gasteiger partial charge in [0.15, 0.2) is 0 Å². The molecule has 1 aliphatic heterocycles. The first-order chi connectivity index (χ1) is 14.0. The number of carbonyl (C=O) groups is 2. The van der Waals surface area contributed by atoms with E-state index in [1.165, 1.54) is 19.1 Å². The van der Waals surface area contributed by atoms with Crippen molar-refractivity contribution in [2.24, 2.45) is 0 Å². The van der Waals surface area contributed by atoms with Gasteiger partial charge in [0, 0.05) is 33.0 Å². The van der Waals surface area contributed by atoms with E-state index < -0.39 is 6.04 Å². The second-order valence-electron chi connectivity index (χ2n) is 7.36. The lowest BCUT2D eigenvalue weighted by molar-refractivity contribution is -0.139. The Morgan fingerprint density at radius 3 is 2.48 bits per heavy atom. The standard InChI is InChI=1S/C23H27FN2O3/c1-17(27)26(16-19-9-11-20(24)12-10-19)22(14-18-6-3-2-4-7-18)23(28)25-15-21-8-5-13-29-21/h2-4,6-7,9-12,21-22H,5,8,13-16H2,1H3,(H,25,28)/t21-,22+/m0/s1. The molecule has 1 saturated heterocycles. The first-order valence-electron chi connectivity index (χ1n) is 9.98. The Kier molecular flexibility index (Phi) is 7.36. The number of hydrogen-bond donors (Lipinski definition) is 1. The summed E-state index contributed by atoms with van der Waals surface area (Å²) in [4.78, 5) is 27.1. The Bertz CT molecular complexity index is 805. The SMILES string of the molecule is CC(=O)N(Cc1ccc(F)cc1)[C@H](Cc1ccccc1)C(=O)NC[C@@H]1CCCO1. The molecule has 6 heteroatoms. The average molecular weight is 398 g/mol. The van der Waals surface area contributed by atoms with E-state index in [0.717, 1.165) is 30.6 Å². The molecule has 29 heavy (non-hydrogen) atoms. The number of nitrogens with zero attached hydrogens (tertiary/aromatic N) is 1. The monoisotopic (exact) mass is 398 g/mol. The van der Waals surface area contributed by atoms with Crippen LogP contribution in [0.1, 0.15) is 30.9 Å². The number of hydrogen-bond acceptors (Lipinski definition) is 3. The van der Waals surface area contributed by atoms with Gasteiger partial charge in [0.05, 0.1) is 6.10 Å². The zero-order valence-electron chi connectivity index (χ0n) is 16.6. The summed E-state index contributed by atoms with van der Waals surface area (Å²) in [5, 5.41) is 2.96. The van der Waals surface area contributed by atoms with E-state index in [9.17, 15) is 14.0 Å². The molecule has 2 aromatic rings. The topological polar surface area (TPSA) is 58.6 Å². The number of amides is 2. The van der Waals surface area contributed by atoms with Crippen molar-refractivity contribution in [1.29, 1.82) is 0 Å². The molecule has 1 N–H and O–H groups in total. The van der Waals surface area contributed by atoms with Crippen molar-refractivity contribution in [2.45, 2.75) is 44.9 Å². The van der Waals surface area contributed by atoms with Gasteiger partial charge in [-0.05, 0) is 36.1 Å². The van der Waals surface area contributed by atoms with Crippen molar-refractivity contribution >= 4 is 11.8 Å². The van der Waals surface area contributed by atoms with Crippen LogP contribution in [0, 0.1) is 5.82 Å². The molecule has 1 fully saturated rings. The average Bonchev–Trinajstić information content (AvgIpc) is 3.24. The summed E-state index contributed by atoms with van der Waals surface area (Å²) in [5.74, 6) is -0.748. The molecule has 0 unspecified atom stereocenters. The summed E-state index contributed by atoms with van der Waals surface area (Å²) < 4.78 is 18.8. The van der Waals surface area contributed by atoms with Crippen LogP contribution in [-0.4, -0.2) is 42.0 Å². The van der Waals surface area contributed by atoms with Crippen LogP contribution in [0.3, 0.4) is 0 Å². The molecule has 2 amide bonds. The third-order valence-electron chi connectivity index (χ3n) is 5.15. The van der Waals surface area contributed by atoms with Crippen LogP contribution in [0.25, 0.3) is 0 Å². The van der Waals surface area contributed by atoms with Crippen LogP contribution in [0.15, 0.2) is 54.6 Å².